The highest BCUT2D eigenvalue weighted by Gasteiger charge is 2.40. The lowest BCUT2D eigenvalue weighted by Gasteiger charge is -2.35. The minimum Gasteiger partial charge on any atom is -0.356 e. The molecule has 4 heteroatoms. The lowest BCUT2D eigenvalue weighted by molar-refractivity contribution is -0.182. The van der Waals surface area contributed by atoms with Gasteiger partial charge in [-0.15, -0.1) is 0 Å². The molecule has 2 aliphatic rings. The van der Waals surface area contributed by atoms with E-state index in [1.165, 1.54) is 0 Å². The molecule has 19 heavy (non-hydrogen) atoms. The van der Waals surface area contributed by atoms with Crippen LogP contribution < -0.4 is 5.32 Å². The van der Waals surface area contributed by atoms with Crippen molar-refractivity contribution in [3.05, 3.63) is 0 Å². The Morgan fingerprint density at radius 1 is 1.32 bits per heavy atom. The van der Waals surface area contributed by atoms with Crippen LogP contribution in [0.2, 0.25) is 0 Å². The summed E-state index contributed by atoms with van der Waals surface area (Å²) in [7, 11) is 0. The third-order valence-electron chi connectivity index (χ3n) is 4.41. The van der Waals surface area contributed by atoms with Crippen LogP contribution in [0.15, 0.2) is 0 Å². The fraction of sp³-hybridized carbons (Fsp3) is 0.933. The Balaban J connectivity index is 1.67. The maximum Gasteiger partial charge on any atom is 0.222 e. The summed E-state index contributed by atoms with van der Waals surface area (Å²) in [5, 5.41) is 3.10. The molecule has 4 nitrogen and oxygen atoms in total. The molecule has 1 saturated carbocycles. The minimum absolute atomic E-state index is 0.140. The van der Waals surface area contributed by atoms with E-state index in [1.807, 2.05) is 6.92 Å². The minimum atomic E-state index is -0.282. The average Bonchev–Trinajstić information content (AvgIpc) is 2.86. The van der Waals surface area contributed by atoms with E-state index >= 15 is 0 Å². The van der Waals surface area contributed by atoms with E-state index in [2.05, 4.69) is 12.2 Å². The second-order valence-electron chi connectivity index (χ2n) is 5.99. The fourth-order valence-corrected chi connectivity index (χ4v) is 3.09. The van der Waals surface area contributed by atoms with Gasteiger partial charge < -0.3 is 14.8 Å². The van der Waals surface area contributed by atoms with Crippen molar-refractivity contribution < 1.29 is 14.3 Å². The van der Waals surface area contributed by atoms with Crippen molar-refractivity contribution in [3.63, 3.8) is 0 Å². The van der Waals surface area contributed by atoms with Gasteiger partial charge in [0, 0.05) is 25.3 Å². The van der Waals surface area contributed by atoms with Crippen molar-refractivity contribution in [1.29, 1.82) is 0 Å². The van der Waals surface area contributed by atoms with Crippen molar-refractivity contribution in [1.82, 2.24) is 5.32 Å². The van der Waals surface area contributed by atoms with Crippen LogP contribution in [0.1, 0.15) is 52.4 Å². The van der Waals surface area contributed by atoms with Crippen molar-refractivity contribution in [3.8, 4) is 0 Å². The van der Waals surface area contributed by atoms with Crippen LogP contribution in [0.5, 0.6) is 0 Å². The topological polar surface area (TPSA) is 47.6 Å². The van der Waals surface area contributed by atoms with Gasteiger partial charge in [-0.05, 0) is 25.2 Å². The summed E-state index contributed by atoms with van der Waals surface area (Å²) in [4.78, 5) is 11.9. The van der Waals surface area contributed by atoms with Gasteiger partial charge in [-0.2, -0.15) is 0 Å². The maximum atomic E-state index is 11.9. The summed E-state index contributed by atoms with van der Waals surface area (Å²) in [6.07, 6.45) is 6.15. The zero-order valence-electron chi connectivity index (χ0n) is 12.2. The number of carbonyl (C=O) groups excluding carboxylic acids is 1. The normalized spacial score (nSPS) is 24.5. The van der Waals surface area contributed by atoms with E-state index < -0.39 is 0 Å². The molecule has 2 rings (SSSR count). The van der Waals surface area contributed by atoms with E-state index in [0.717, 1.165) is 58.3 Å². The summed E-state index contributed by atoms with van der Waals surface area (Å²) >= 11 is 0. The molecule has 0 aromatic rings. The predicted octanol–water partition coefficient (Wildman–Crippen LogP) is 2.47. The molecule has 0 bridgehead atoms. The number of hydrogen-bond donors (Lipinski definition) is 1. The second kappa shape index (κ2) is 6.71. The smallest absolute Gasteiger partial charge is 0.222 e. The van der Waals surface area contributed by atoms with Crippen molar-refractivity contribution in [2.75, 3.05) is 19.8 Å². The third kappa shape index (κ3) is 3.93. The molecule has 1 atom stereocenters. The number of nitrogens with one attached hydrogen (secondary N) is 1. The maximum absolute atomic E-state index is 11.9. The first-order valence-corrected chi connectivity index (χ1v) is 7.71. The van der Waals surface area contributed by atoms with Crippen LogP contribution in [0.3, 0.4) is 0 Å². The Morgan fingerprint density at radius 3 is 2.53 bits per heavy atom. The van der Waals surface area contributed by atoms with E-state index in [0.29, 0.717) is 5.92 Å². The van der Waals surface area contributed by atoms with Crippen molar-refractivity contribution in [2.45, 2.75) is 58.2 Å². The standard InChI is InChI=1S/C15H27NO3/c1-3-4-12(2)14(17)16-11-13-5-7-15(8-6-13)18-9-10-19-15/h12-13H,3-11H2,1-2H3,(H,16,17)/t12-/m1/s1. The Kier molecular flexibility index (Phi) is 5.22. The van der Waals surface area contributed by atoms with Gasteiger partial charge in [-0.3, -0.25) is 4.79 Å². The first-order valence-electron chi connectivity index (χ1n) is 7.71. The molecule has 1 heterocycles. The zero-order chi connectivity index (χ0) is 13.7. The number of ether oxygens (including phenoxy) is 2. The third-order valence-corrected chi connectivity index (χ3v) is 4.41. The molecule has 1 spiro atoms. The molecule has 1 saturated heterocycles. The number of amides is 1. The van der Waals surface area contributed by atoms with Gasteiger partial charge in [0.2, 0.25) is 5.91 Å². The molecule has 1 aliphatic heterocycles. The van der Waals surface area contributed by atoms with Crippen molar-refractivity contribution >= 4 is 5.91 Å². The molecular weight excluding hydrogens is 242 g/mol. The van der Waals surface area contributed by atoms with Gasteiger partial charge in [0.1, 0.15) is 0 Å². The highest BCUT2D eigenvalue weighted by Crippen LogP contribution is 2.37. The lowest BCUT2D eigenvalue weighted by atomic mass is 9.85. The van der Waals surface area contributed by atoms with Crippen LogP contribution in [0.25, 0.3) is 0 Å². The van der Waals surface area contributed by atoms with Crippen LogP contribution in [-0.2, 0) is 14.3 Å². The second-order valence-corrected chi connectivity index (χ2v) is 5.99. The van der Waals surface area contributed by atoms with Gasteiger partial charge in [-0.25, -0.2) is 0 Å². The molecule has 0 radical (unpaired) electrons. The monoisotopic (exact) mass is 269 g/mol. The Morgan fingerprint density at radius 2 is 1.95 bits per heavy atom. The van der Waals surface area contributed by atoms with Crippen LogP contribution in [-0.4, -0.2) is 31.5 Å². The molecule has 0 aromatic heterocycles. The van der Waals surface area contributed by atoms with Crippen LogP contribution in [0, 0.1) is 11.8 Å². The van der Waals surface area contributed by atoms with Gasteiger partial charge in [0.15, 0.2) is 5.79 Å². The number of hydrogen-bond acceptors (Lipinski definition) is 3. The molecule has 2 fully saturated rings. The molecule has 1 N–H and O–H groups in total. The number of carbonyl (C=O) groups is 1. The fourth-order valence-electron chi connectivity index (χ4n) is 3.09. The SMILES string of the molecule is CCC[C@@H](C)C(=O)NCC1CCC2(CC1)OCCO2. The summed E-state index contributed by atoms with van der Waals surface area (Å²) in [5.41, 5.74) is 0. The highest BCUT2D eigenvalue weighted by atomic mass is 16.7. The predicted molar refractivity (Wildman–Crippen MR) is 73.7 cm³/mol. The Labute approximate surface area is 116 Å². The summed E-state index contributed by atoms with van der Waals surface area (Å²) < 4.78 is 11.4. The molecule has 0 unspecified atom stereocenters. The molecular formula is C15H27NO3. The molecule has 1 amide bonds. The molecule has 0 aromatic carbocycles. The first-order chi connectivity index (χ1) is 9.15. The van der Waals surface area contributed by atoms with E-state index in [1.54, 1.807) is 0 Å². The van der Waals surface area contributed by atoms with E-state index in [4.69, 9.17) is 9.47 Å². The van der Waals surface area contributed by atoms with Gasteiger partial charge >= 0.3 is 0 Å². The molecule has 110 valence electrons. The Hall–Kier alpha value is -0.610. The summed E-state index contributed by atoms with van der Waals surface area (Å²) in [5.74, 6) is 0.642. The summed E-state index contributed by atoms with van der Waals surface area (Å²) in [6, 6.07) is 0. The quantitative estimate of drug-likeness (QED) is 0.834. The van der Waals surface area contributed by atoms with Gasteiger partial charge in [0.05, 0.1) is 13.2 Å². The summed E-state index contributed by atoms with van der Waals surface area (Å²) in [6.45, 7) is 6.40. The largest absolute Gasteiger partial charge is 0.356 e. The first kappa shape index (κ1) is 14.8. The highest BCUT2D eigenvalue weighted by molar-refractivity contribution is 5.78. The zero-order valence-corrected chi connectivity index (χ0v) is 12.2. The van der Waals surface area contributed by atoms with E-state index in [9.17, 15) is 4.79 Å². The van der Waals surface area contributed by atoms with Gasteiger partial charge in [0.25, 0.3) is 0 Å². The number of rotatable bonds is 5. The average molecular weight is 269 g/mol. The van der Waals surface area contributed by atoms with Gasteiger partial charge in [-0.1, -0.05) is 20.3 Å². The lowest BCUT2D eigenvalue weighted by Crippen LogP contribution is -2.39. The Bertz CT molecular complexity index is 290. The van der Waals surface area contributed by atoms with Crippen LogP contribution >= 0.6 is 0 Å². The van der Waals surface area contributed by atoms with Crippen molar-refractivity contribution in [2.24, 2.45) is 11.8 Å². The van der Waals surface area contributed by atoms with Crippen LogP contribution in [0.4, 0.5) is 0 Å². The molecule has 1 aliphatic carbocycles. The van der Waals surface area contributed by atoms with E-state index in [-0.39, 0.29) is 17.6 Å².